The molecule has 0 fully saturated rings. The minimum absolute atomic E-state index is 0.837. The van der Waals surface area contributed by atoms with Crippen LogP contribution in [0.4, 0.5) is 0 Å². The highest BCUT2D eigenvalue weighted by atomic mass is 16.3. The fourth-order valence-corrected chi connectivity index (χ4v) is 7.95. The first-order chi connectivity index (χ1) is 26.3. The predicted molar refractivity (Wildman–Crippen MR) is 219 cm³/mol. The van der Waals surface area contributed by atoms with E-state index < -0.39 is 0 Å². The summed E-state index contributed by atoms with van der Waals surface area (Å²) in [6, 6.07) is 61.3. The van der Waals surface area contributed by atoms with Crippen LogP contribution in [0.5, 0.6) is 0 Å². The van der Waals surface area contributed by atoms with Crippen molar-refractivity contribution >= 4 is 65.4 Å². The lowest BCUT2D eigenvalue weighted by Crippen LogP contribution is -1.94. The van der Waals surface area contributed by atoms with E-state index in [-0.39, 0.29) is 0 Å². The van der Waals surface area contributed by atoms with Gasteiger partial charge in [0.1, 0.15) is 11.2 Å². The van der Waals surface area contributed by atoms with E-state index >= 15 is 0 Å². The Labute approximate surface area is 304 Å². The fourth-order valence-electron chi connectivity index (χ4n) is 7.95. The van der Waals surface area contributed by atoms with Crippen LogP contribution < -0.4 is 0 Å². The van der Waals surface area contributed by atoms with Crippen molar-refractivity contribution in [2.24, 2.45) is 0 Å². The Morgan fingerprint density at radius 2 is 0.943 bits per heavy atom. The van der Waals surface area contributed by atoms with Gasteiger partial charge >= 0.3 is 0 Å². The van der Waals surface area contributed by atoms with Crippen molar-refractivity contribution in [2.75, 3.05) is 0 Å². The average Bonchev–Trinajstić information content (AvgIpc) is 3.61. The molecule has 0 saturated carbocycles. The molecular weight excluding hydrogens is 647 g/mol. The highest BCUT2D eigenvalue weighted by Gasteiger charge is 2.22. The van der Waals surface area contributed by atoms with E-state index in [9.17, 15) is 0 Å². The van der Waals surface area contributed by atoms with Crippen LogP contribution in [0.15, 0.2) is 180 Å². The minimum atomic E-state index is 0.837. The Bertz CT molecular complexity index is 3220. The standard InChI is InChI=1S/C49H29N3O/c1-3-12-30(13-4-1)39-26-24-32-22-23-33-25-27-40(51-49(33)48(32)50-39)34-16-11-17-35(28-34)44-45-36-18-7-9-20-41(36)52-47(31-14-5-2-6-15-31)38(45)29-43-46(44)37-19-8-10-21-42(37)53-43/h1-29H. The molecule has 0 unspecified atom stereocenters. The Hall–Kier alpha value is -7.17. The van der Waals surface area contributed by atoms with Gasteiger partial charge < -0.3 is 4.42 Å². The molecule has 246 valence electrons. The van der Waals surface area contributed by atoms with Gasteiger partial charge in [-0.1, -0.05) is 140 Å². The van der Waals surface area contributed by atoms with E-state index in [0.29, 0.717) is 0 Å². The second kappa shape index (κ2) is 11.7. The van der Waals surface area contributed by atoms with Crippen molar-refractivity contribution < 1.29 is 4.42 Å². The van der Waals surface area contributed by atoms with Crippen LogP contribution in [0, 0.1) is 0 Å². The zero-order chi connectivity index (χ0) is 34.9. The van der Waals surface area contributed by atoms with Crippen molar-refractivity contribution in [3.05, 3.63) is 176 Å². The maximum atomic E-state index is 6.62. The SMILES string of the molecule is c1ccc(-c2ccc3ccc4ccc(-c5cccc(-c6c7c(cc8c(-c9ccccc9)nc9ccccc9c68)oc6ccccc67)c5)nc4c3n2)cc1. The maximum absolute atomic E-state index is 6.62. The molecule has 0 saturated heterocycles. The van der Waals surface area contributed by atoms with Crippen LogP contribution in [0.3, 0.4) is 0 Å². The summed E-state index contributed by atoms with van der Waals surface area (Å²) in [5.74, 6) is 0. The monoisotopic (exact) mass is 675 g/mol. The molecule has 0 bridgehead atoms. The molecule has 53 heavy (non-hydrogen) atoms. The number of benzene rings is 7. The zero-order valence-corrected chi connectivity index (χ0v) is 28.5. The Morgan fingerprint density at radius 3 is 1.70 bits per heavy atom. The van der Waals surface area contributed by atoms with Gasteiger partial charge in [0.05, 0.1) is 33.6 Å². The summed E-state index contributed by atoms with van der Waals surface area (Å²) in [5.41, 5.74) is 12.6. The number of para-hydroxylation sites is 2. The third-order valence-corrected chi connectivity index (χ3v) is 10.4. The van der Waals surface area contributed by atoms with Gasteiger partial charge in [-0.3, -0.25) is 0 Å². The molecule has 4 heterocycles. The third kappa shape index (κ3) is 4.73. The normalized spacial score (nSPS) is 11.8. The lowest BCUT2D eigenvalue weighted by molar-refractivity contribution is 0.669. The van der Waals surface area contributed by atoms with Crippen molar-refractivity contribution in [3.8, 4) is 44.9 Å². The average molecular weight is 676 g/mol. The Morgan fingerprint density at radius 1 is 0.358 bits per heavy atom. The molecule has 11 aromatic rings. The quantitative estimate of drug-likeness (QED) is 0.174. The van der Waals surface area contributed by atoms with Gasteiger partial charge in [0.25, 0.3) is 0 Å². The fraction of sp³-hybridized carbons (Fsp3) is 0. The van der Waals surface area contributed by atoms with E-state index in [0.717, 1.165) is 110 Å². The second-order valence-electron chi connectivity index (χ2n) is 13.5. The zero-order valence-electron chi connectivity index (χ0n) is 28.5. The number of nitrogens with zero attached hydrogens (tertiary/aromatic N) is 3. The number of furan rings is 1. The topological polar surface area (TPSA) is 51.8 Å². The number of hydrogen-bond acceptors (Lipinski definition) is 4. The number of hydrogen-bond donors (Lipinski definition) is 0. The second-order valence-corrected chi connectivity index (χ2v) is 13.5. The van der Waals surface area contributed by atoms with E-state index in [1.807, 2.05) is 30.3 Å². The summed E-state index contributed by atoms with van der Waals surface area (Å²) in [4.78, 5) is 15.7. The molecule has 4 aromatic heterocycles. The molecule has 7 aromatic carbocycles. The molecule has 0 N–H and O–H groups in total. The molecule has 0 aliphatic heterocycles. The van der Waals surface area contributed by atoms with Crippen LogP contribution in [0.2, 0.25) is 0 Å². The van der Waals surface area contributed by atoms with Crippen LogP contribution in [0.25, 0.3) is 110 Å². The summed E-state index contributed by atoms with van der Waals surface area (Å²) < 4.78 is 6.62. The lowest BCUT2D eigenvalue weighted by Gasteiger charge is -2.16. The van der Waals surface area contributed by atoms with Gasteiger partial charge in [-0.15, -0.1) is 0 Å². The van der Waals surface area contributed by atoms with Gasteiger partial charge in [-0.25, -0.2) is 15.0 Å². The number of fused-ring (bicyclic) bond motifs is 9. The molecule has 4 heteroatoms. The van der Waals surface area contributed by atoms with Crippen molar-refractivity contribution in [2.45, 2.75) is 0 Å². The first-order valence-electron chi connectivity index (χ1n) is 17.9. The van der Waals surface area contributed by atoms with Crippen LogP contribution in [-0.4, -0.2) is 15.0 Å². The first-order valence-corrected chi connectivity index (χ1v) is 17.9. The number of pyridine rings is 3. The van der Waals surface area contributed by atoms with Gasteiger partial charge in [-0.2, -0.15) is 0 Å². The predicted octanol–water partition coefficient (Wildman–Crippen LogP) is 13.1. The van der Waals surface area contributed by atoms with E-state index in [4.69, 9.17) is 19.4 Å². The minimum Gasteiger partial charge on any atom is -0.456 e. The van der Waals surface area contributed by atoms with Crippen LogP contribution in [-0.2, 0) is 0 Å². The van der Waals surface area contributed by atoms with E-state index in [2.05, 4.69) is 146 Å². The number of rotatable bonds is 4. The van der Waals surface area contributed by atoms with Gasteiger partial charge in [0, 0.05) is 60.0 Å². The maximum Gasteiger partial charge on any atom is 0.136 e. The largest absolute Gasteiger partial charge is 0.456 e. The lowest BCUT2D eigenvalue weighted by atomic mass is 9.89. The van der Waals surface area contributed by atoms with Crippen LogP contribution >= 0.6 is 0 Å². The van der Waals surface area contributed by atoms with Crippen molar-refractivity contribution in [1.82, 2.24) is 15.0 Å². The summed E-state index contributed by atoms with van der Waals surface area (Å²) in [5, 5.41) is 7.61. The Kier molecular flexibility index (Phi) is 6.52. The molecule has 0 aliphatic rings. The molecule has 0 atom stereocenters. The molecule has 0 amide bonds. The third-order valence-electron chi connectivity index (χ3n) is 10.4. The summed E-state index contributed by atoms with van der Waals surface area (Å²) in [6.45, 7) is 0. The van der Waals surface area contributed by atoms with Gasteiger partial charge in [-0.05, 0) is 42.0 Å². The Balaban J connectivity index is 1.19. The summed E-state index contributed by atoms with van der Waals surface area (Å²) in [7, 11) is 0. The van der Waals surface area contributed by atoms with E-state index in [1.54, 1.807) is 0 Å². The first kappa shape index (κ1) is 29.5. The molecule has 0 spiro atoms. The molecular formula is C49H29N3O. The summed E-state index contributed by atoms with van der Waals surface area (Å²) in [6.07, 6.45) is 0. The highest BCUT2D eigenvalue weighted by Crippen LogP contribution is 2.46. The number of aromatic nitrogens is 3. The smallest absolute Gasteiger partial charge is 0.136 e. The van der Waals surface area contributed by atoms with E-state index in [1.165, 1.54) is 0 Å². The molecule has 0 radical (unpaired) electrons. The van der Waals surface area contributed by atoms with Crippen molar-refractivity contribution in [1.29, 1.82) is 0 Å². The highest BCUT2D eigenvalue weighted by molar-refractivity contribution is 6.27. The molecule has 11 rings (SSSR count). The molecule has 4 nitrogen and oxygen atoms in total. The molecule has 0 aliphatic carbocycles. The van der Waals surface area contributed by atoms with Gasteiger partial charge in [0.2, 0.25) is 0 Å². The van der Waals surface area contributed by atoms with Gasteiger partial charge in [0.15, 0.2) is 0 Å². The summed E-state index contributed by atoms with van der Waals surface area (Å²) >= 11 is 0. The van der Waals surface area contributed by atoms with Crippen molar-refractivity contribution in [3.63, 3.8) is 0 Å². The van der Waals surface area contributed by atoms with Crippen LogP contribution in [0.1, 0.15) is 0 Å².